The SMILES string of the molecule is CCCCO[Si](CCCC)(OCCCC)O[Si](CCCC)(CCCC)CCCC. The fourth-order valence-electron chi connectivity index (χ4n) is 3.79. The molecular weight excluding hydrogens is 392 g/mol. The van der Waals surface area contributed by atoms with Crippen molar-refractivity contribution in [2.45, 2.75) is 143 Å². The molecule has 0 N–H and O–H groups in total. The molecule has 29 heavy (non-hydrogen) atoms. The molecule has 5 heteroatoms. The third-order valence-corrected chi connectivity index (χ3v) is 14.8. The third kappa shape index (κ3) is 13.4. The molecule has 0 aromatic carbocycles. The molecule has 3 nitrogen and oxygen atoms in total. The quantitative estimate of drug-likeness (QED) is 0.123. The van der Waals surface area contributed by atoms with Crippen molar-refractivity contribution in [1.29, 1.82) is 0 Å². The average Bonchev–Trinajstić information content (AvgIpc) is 2.73. The monoisotopic (exact) mass is 446 g/mol. The molecule has 0 aromatic rings. The van der Waals surface area contributed by atoms with Gasteiger partial charge in [-0.05, 0) is 37.4 Å². The van der Waals surface area contributed by atoms with Crippen molar-refractivity contribution in [2.75, 3.05) is 13.2 Å². The van der Waals surface area contributed by atoms with Gasteiger partial charge < -0.3 is 13.0 Å². The van der Waals surface area contributed by atoms with Gasteiger partial charge in [0.25, 0.3) is 0 Å². The van der Waals surface area contributed by atoms with Gasteiger partial charge in [-0.3, -0.25) is 0 Å². The summed E-state index contributed by atoms with van der Waals surface area (Å²) in [7, 11) is -4.47. The van der Waals surface area contributed by atoms with Crippen LogP contribution < -0.4 is 0 Å². The summed E-state index contributed by atoms with van der Waals surface area (Å²) >= 11 is 0. The second kappa shape index (κ2) is 19.0. The molecule has 0 saturated carbocycles. The molecule has 176 valence electrons. The van der Waals surface area contributed by atoms with Crippen molar-refractivity contribution in [3.63, 3.8) is 0 Å². The summed E-state index contributed by atoms with van der Waals surface area (Å²) in [6.45, 7) is 15.3. The van der Waals surface area contributed by atoms with Crippen LogP contribution in [0.25, 0.3) is 0 Å². The molecule has 0 radical (unpaired) electrons. The smallest absolute Gasteiger partial charge is 0.415 e. The maximum Gasteiger partial charge on any atom is 0.490 e. The van der Waals surface area contributed by atoms with Crippen molar-refractivity contribution in [1.82, 2.24) is 0 Å². The van der Waals surface area contributed by atoms with Gasteiger partial charge in [0.2, 0.25) is 0 Å². The topological polar surface area (TPSA) is 27.7 Å². The Morgan fingerprint density at radius 1 is 0.448 bits per heavy atom. The summed E-state index contributed by atoms with van der Waals surface area (Å²) in [6.07, 6.45) is 14.5. The lowest BCUT2D eigenvalue weighted by Crippen LogP contribution is -2.56. The van der Waals surface area contributed by atoms with E-state index >= 15 is 0 Å². The van der Waals surface area contributed by atoms with Crippen molar-refractivity contribution >= 4 is 17.1 Å². The molecule has 0 aliphatic heterocycles. The molecule has 0 aromatic heterocycles. The Balaban J connectivity index is 5.73. The average molecular weight is 447 g/mol. The summed E-state index contributed by atoms with van der Waals surface area (Å²) in [4.78, 5) is 0. The maximum absolute atomic E-state index is 7.36. The number of unbranched alkanes of at least 4 members (excludes halogenated alkanes) is 6. The first-order chi connectivity index (χ1) is 14.1. The lowest BCUT2D eigenvalue weighted by atomic mass is 10.4. The lowest BCUT2D eigenvalue weighted by molar-refractivity contribution is 0.0974. The zero-order valence-corrected chi connectivity index (χ0v) is 23.0. The summed E-state index contributed by atoms with van der Waals surface area (Å²) in [6, 6.07) is 4.88. The van der Waals surface area contributed by atoms with Crippen LogP contribution in [-0.2, 0) is 13.0 Å². The van der Waals surface area contributed by atoms with E-state index in [1.54, 1.807) is 0 Å². The molecular formula is C24H54O3Si2. The third-order valence-electron chi connectivity index (χ3n) is 5.81. The second-order valence-electron chi connectivity index (χ2n) is 8.79. The van der Waals surface area contributed by atoms with E-state index < -0.39 is 17.1 Å². The standard InChI is InChI=1S/C24H54O3Si2/c1-7-13-19-25-29(24-18-12-6,26-20-14-8-2)27-28(21-15-9-3,22-16-10-4)23-17-11-5/h7-24H2,1-6H3. The highest BCUT2D eigenvalue weighted by Crippen LogP contribution is 2.35. The Kier molecular flexibility index (Phi) is 19.2. The molecule has 0 heterocycles. The zero-order valence-electron chi connectivity index (χ0n) is 21.0. The molecule has 0 spiro atoms. The Morgan fingerprint density at radius 2 is 0.793 bits per heavy atom. The van der Waals surface area contributed by atoms with Gasteiger partial charge in [0, 0.05) is 19.3 Å². The first-order valence-electron chi connectivity index (χ1n) is 13.1. The van der Waals surface area contributed by atoms with Crippen LogP contribution in [0.5, 0.6) is 0 Å². The first-order valence-corrected chi connectivity index (χ1v) is 17.5. The van der Waals surface area contributed by atoms with E-state index in [2.05, 4.69) is 41.5 Å². The summed E-state index contributed by atoms with van der Waals surface area (Å²) < 4.78 is 20.6. The minimum atomic E-state index is -2.61. The van der Waals surface area contributed by atoms with Crippen LogP contribution in [0.15, 0.2) is 0 Å². The summed E-state index contributed by atoms with van der Waals surface area (Å²) in [5.41, 5.74) is 0. The molecule has 0 amide bonds. The van der Waals surface area contributed by atoms with Crippen molar-refractivity contribution in [2.24, 2.45) is 0 Å². The highest BCUT2D eigenvalue weighted by Gasteiger charge is 2.48. The molecule has 0 rings (SSSR count). The minimum Gasteiger partial charge on any atom is -0.415 e. The molecule has 0 aliphatic carbocycles. The summed E-state index contributed by atoms with van der Waals surface area (Å²) in [5.74, 6) is 0. The van der Waals surface area contributed by atoms with Gasteiger partial charge in [0.15, 0.2) is 8.32 Å². The molecule has 0 unspecified atom stereocenters. The van der Waals surface area contributed by atoms with E-state index in [0.717, 1.165) is 51.4 Å². The van der Waals surface area contributed by atoms with Crippen LogP contribution >= 0.6 is 0 Å². The highest BCUT2D eigenvalue weighted by atomic mass is 28.5. The largest absolute Gasteiger partial charge is 0.490 e. The number of hydrogen-bond donors (Lipinski definition) is 0. The van der Waals surface area contributed by atoms with E-state index in [0.29, 0.717) is 0 Å². The van der Waals surface area contributed by atoms with Gasteiger partial charge in [0.1, 0.15) is 0 Å². The predicted octanol–water partition coefficient (Wildman–Crippen LogP) is 8.72. The van der Waals surface area contributed by atoms with Crippen LogP contribution in [0.1, 0.15) is 119 Å². The van der Waals surface area contributed by atoms with Crippen molar-refractivity contribution < 1.29 is 13.0 Å². The van der Waals surface area contributed by atoms with E-state index in [4.69, 9.17) is 13.0 Å². The van der Waals surface area contributed by atoms with Crippen molar-refractivity contribution in [3.8, 4) is 0 Å². The highest BCUT2D eigenvalue weighted by molar-refractivity contribution is 6.82. The van der Waals surface area contributed by atoms with Gasteiger partial charge in [-0.2, -0.15) is 0 Å². The Labute approximate surface area is 186 Å². The van der Waals surface area contributed by atoms with Crippen LogP contribution in [-0.4, -0.2) is 30.3 Å². The van der Waals surface area contributed by atoms with Crippen LogP contribution in [0, 0.1) is 0 Å². The summed E-state index contributed by atoms with van der Waals surface area (Å²) in [5, 5.41) is 0. The Hall–Kier alpha value is 0.314. The fraction of sp³-hybridized carbons (Fsp3) is 1.00. The fourth-order valence-corrected chi connectivity index (χ4v) is 14.3. The first kappa shape index (κ1) is 29.3. The van der Waals surface area contributed by atoms with E-state index in [9.17, 15) is 0 Å². The second-order valence-corrected chi connectivity index (χ2v) is 15.9. The van der Waals surface area contributed by atoms with E-state index in [1.807, 2.05) is 0 Å². The van der Waals surface area contributed by atoms with E-state index in [-0.39, 0.29) is 0 Å². The van der Waals surface area contributed by atoms with Crippen LogP contribution in [0.3, 0.4) is 0 Å². The predicted molar refractivity (Wildman–Crippen MR) is 133 cm³/mol. The minimum absolute atomic E-state index is 0.804. The Morgan fingerprint density at radius 3 is 1.14 bits per heavy atom. The van der Waals surface area contributed by atoms with Gasteiger partial charge in [-0.15, -0.1) is 0 Å². The normalized spacial score (nSPS) is 12.6. The number of rotatable bonds is 22. The number of hydrogen-bond acceptors (Lipinski definition) is 3. The van der Waals surface area contributed by atoms with Crippen LogP contribution in [0.2, 0.25) is 24.2 Å². The molecule has 0 saturated heterocycles. The van der Waals surface area contributed by atoms with Gasteiger partial charge in [0.05, 0.1) is 0 Å². The van der Waals surface area contributed by atoms with Gasteiger partial charge in [-0.1, -0.05) is 99.3 Å². The van der Waals surface area contributed by atoms with Gasteiger partial charge >= 0.3 is 8.80 Å². The Bertz CT molecular complexity index is 321. The van der Waals surface area contributed by atoms with E-state index in [1.165, 1.54) is 63.1 Å². The van der Waals surface area contributed by atoms with Crippen LogP contribution in [0.4, 0.5) is 0 Å². The molecule has 0 bridgehead atoms. The molecule has 0 fully saturated rings. The maximum atomic E-state index is 7.36. The molecule has 0 aliphatic rings. The lowest BCUT2D eigenvalue weighted by Gasteiger charge is -2.41. The molecule has 0 atom stereocenters. The van der Waals surface area contributed by atoms with Gasteiger partial charge in [-0.25, -0.2) is 0 Å². The zero-order chi connectivity index (χ0) is 21.8. The van der Waals surface area contributed by atoms with Crippen molar-refractivity contribution in [3.05, 3.63) is 0 Å².